The SMILES string of the molecule is C1=CC(c2cccc(-n3c4ccccc4c4cc(-c5ccc6c(c5)c5ccccc5n6-c5ccc6sc7ccccc7c6c5)ccc43)c2)=CCC1. The van der Waals surface area contributed by atoms with Gasteiger partial charge in [0, 0.05) is 53.1 Å². The van der Waals surface area contributed by atoms with Crippen LogP contribution in [-0.2, 0) is 0 Å². The van der Waals surface area contributed by atoms with E-state index in [0.29, 0.717) is 0 Å². The third-order valence-corrected chi connectivity index (χ3v) is 11.9. The average Bonchev–Trinajstić information content (AvgIpc) is 3.85. The lowest BCUT2D eigenvalue weighted by Crippen LogP contribution is -1.95. The van der Waals surface area contributed by atoms with E-state index in [9.17, 15) is 0 Å². The summed E-state index contributed by atoms with van der Waals surface area (Å²) in [6, 6.07) is 56.3. The van der Waals surface area contributed by atoms with Crippen LogP contribution in [0.1, 0.15) is 18.4 Å². The first kappa shape index (κ1) is 28.7. The highest BCUT2D eigenvalue weighted by molar-refractivity contribution is 7.25. The summed E-state index contributed by atoms with van der Waals surface area (Å²) >= 11 is 1.87. The summed E-state index contributed by atoms with van der Waals surface area (Å²) in [4.78, 5) is 0. The molecule has 3 heteroatoms. The number of para-hydroxylation sites is 2. The van der Waals surface area contributed by atoms with E-state index in [1.807, 2.05) is 11.3 Å². The third-order valence-electron chi connectivity index (χ3n) is 10.7. The normalized spacial score (nSPS) is 13.4. The highest BCUT2D eigenvalue weighted by Gasteiger charge is 2.17. The van der Waals surface area contributed by atoms with Crippen molar-refractivity contribution in [3.63, 3.8) is 0 Å². The summed E-state index contributed by atoms with van der Waals surface area (Å²) in [5, 5.41) is 7.71. The van der Waals surface area contributed by atoms with Gasteiger partial charge in [-0.05, 0) is 108 Å². The van der Waals surface area contributed by atoms with E-state index in [2.05, 4.69) is 179 Å². The summed E-state index contributed by atoms with van der Waals surface area (Å²) in [6.45, 7) is 0. The maximum absolute atomic E-state index is 2.43. The van der Waals surface area contributed by atoms with Crippen molar-refractivity contribution >= 4 is 80.7 Å². The van der Waals surface area contributed by atoms with E-state index >= 15 is 0 Å². The molecule has 0 atom stereocenters. The van der Waals surface area contributed by atoms with Crippen molar-refractivity contribution in [1.29, 1.82) is 0 Å². The van der Waals surface area contributed by atoms with Crippen LogP contribution < -0.4 is 0 Å². The maximum atomic E-state index is 2.43. The van der Waals surface area contributed by atoms with Crippen molar-refractivity contribution in [3.8, 4) is 22.5 Å². The Hall–Kier alpha value is -6.16. The van der Waals surface area contributed by atoms with Crippen LogP contribution in [0.25, 0.3) is 91.9 Å². The molecule has 240 valence electrons. The molecule has 0 saturated carbocycles. The minimum absolute atomic E-state index is 1.10. The lowest BCUT2D eigenvalue weighted by Gasteiger charge is -2.12. The van der Waals surface area contributed by atoms with E-state index in [1.54, 1.807) is 0 Å². The first-order chi connectivity index (χ1) is 25.3. The zero-order valence-corrected chi connectivity index (χ0v) is 28.7. The minimum atomic E-state index is 1.10. The van der Waals surface area contributed by atoms with Gasteiger partial charge in [0.1, 0.15) is 0 Å². The molecule has 10 aromatic rings. The van der Waals surface area contributed by atoms with Crippen molar-refractivity contribution in [1.82, 2.24) is 9.13 Å². The van der Waals surface area contributed by atoms with Gasteiger partial charge < -0.3 is 9.13 Å². The second kappa shape index (κ2) is 11.2. The molecule has 51 heavy (non-hydrogen) atoms. The highest BCUT2D eigenvalue weighted by Crippen LogP contribution is 2.40. The van der Waals surface area contributed by atoms with Crippen LogP contribution in [0.3, 0.4) is 0 Å². The topological polar surface area (TPSA) is 9.86 Å². The molecule has 0 amide bonds. The molecular weight excluding hydrogens is 637 g/mol. The molecule has 0 N–H and O–H groups in total. The Morgan fingerprint density at radius 1 is 0.392 bits per heavy atom. The smallest absolute Gasteiger partial charge is 0.0541 e. The molecule has 2 nitrogen and oxygen atoms in total. The van der Waals surface area contributed by atoms with E-state index in [1.165, 1.54) is 97.4 Å². The van der Waals surface area contributed by atoms with Gasteiger partial charge in [-0.3, -0.25) is 0 Å². The monoisotopic (exact) mass is 668 g/mol. The van der Waals surface area contributed by atoms with Gasteiger partial charge in [0.15, 0.2) is 0 Å². The van der Waals surface area contributed by atoms with Crippen LogP contribution in [0, 0.1) is 0 Å². The number of fused-ring (bicyclic) bond motifs is 9. The number of allylic oxidation sites excluding steroid dienone is 4. The second-order valence-electron chi connectivity index (χ2n) is 13.6. The number of benzene rings is 7. The van der Waals surface area contributed by atoms with E-state index in [-0.39, 0.29) is 0 Å². The quantitative estimate of drug-likeness (QED) is 0.177. The summed E-state index contributed by atoms with van der Waals surface area (Å²) < 4.78 is 7.52. The number of nitrogens with zero attached hydrogens (tertiary/aromatic N) is 2. The molecule has 0 saturated heterocycles. The maximum Gasteiger partial charge on any atom is 0.0541 e. The third kappa shape index (κ3) is 4.42. The van der Waals surface area contributed by atoms with Crippen LogP contribution in [0.2, 0.25) is 0 Å². The van der Waals surface area contributed by atoms with Gasteiger partial charge in [-0.15, -0.1) is 11.3 Å². The van der Waals surface area contributed by atoms with Gasteiger partial charge in [0.2, 0.25) is 0 Å². The lowest BCUT2D eigenvalue weighted by molar-refractivity contribution is 1.04. The average molecular weight is 669 g/mol. The predicted octanol–water partition coefficient (Wildman–Crippen LogP) is 13.6. The first-order valence-electron chi connectivity index (χ1n) is 17.7. The molecule has 1 aliphatic rings. The molecule has 3 heterocycles. The van der Waals surface area contributed by atoms with Gasteiger partial charge in [-0.1, -0.05) is 97.1 Å². The van der Waals surface area contributed by atoms with Crippen molar-refractivity contribution in [2.24, 2.45) is 0 Å². The van der Waals surface area contributed by atoms with Crippen LogP contribution in [0.5, 0.6) is 0 Å². The summed E-state index contributed by atoms with van der Waals surface area (Å²) in [7, 11) is 0. The van der Waals surface area contributed by atoms with Gasteiger partial charge in [0.05, 0.1) is 22.1 Å². The zero-order valence-electron chi connectivity index (χ0n) is 27.9. The Bertz CT molecular complexity index is 3090. The van der Waals surface area contributed by atoms with E-state index < -0.39 is 0 Å². The van der Waals surface area contributed by atoms with Crippen LogP contribution in [0.15, 0.2) is 170 Å². The number of thiophene rings is 1. The van der Waals surface area contributed by atoms with Crippen molar-refractivity contribution in [2.45, 2.75) is 12.8 Å². The highest BCUT2D eigenvalue weighted by atomic mass is 32.1. The first-order valence-corrected chi connectivity index (χ1v) is 18.6. The molecule has 11 rings (SSSR count). The number of hydrogen-bond donors (Lipinski definition) is 0. The fourth-order valence-corrected chi connectivity index (χ4v) is 9.45. The lowest BCUT2D eigenvalue weighted by atomic mass is 9.99. The molecule has 0 spiro atoms. The number of hydrogen-bond acceptors (Lipinski definition) is 1. The van der Waals surface area contributed by atoms with Gasteiger partial charge >= 0.3 is 0 Å². The molecule has 0 aliphatic heterocycles. The summed E-state index contributed by atoms with van der Waals surface area (Å²) in [6.07, 6.45) is 9.12. The molecule has 7 aromatic carbocycles. The van der Waals surface area contributed by atoms with Crippen LogP contribution in [0.4, 0.5) is 0 Å². The summed E-state index contributed by atoms with van der Waals surface area (Å²) in [5.74, 6) is 0. The van der Waals surface area contributed by atoms with E-state index in [0.717, 1.165) is 12.8 Å². The second-order valence-corrected chi connectivity index (χ2v) is 14.7. The fraction of sp³-hybridized carbons (Fsp3) is 0.0417. The fourth-order valence-electron chi connectivity index (χ4n) is 8.37. The van der Waals surface area contributed by atoms with Gasteiger partial charge in [-0.2, -0.15) is 0 Å². The largest absolute Gasteiger partial charge is 0.309 e. The molecule has 1 aliphatic carbocycles. The van der Waals surface area contributed by atoms with Crippen LogP contribution >= 0.6 is 11.3 Å². The summed E-state index contributed by atoms with van der Waals surface area (Å²) in [5.41, 5.74) is 12.3. The Morgan fingerprint density at radius 3 is 1.69 bits per heavy atom. The molecule has 0 radical (unpaired) electrons. The van der Waals surface area contributed by atoms with Gasteiger partial charge in [0.25, 0.3) is 0 Å². The molecule has 0 bridgehead atoms. The Morgan fingerprint density at radius 2 is 1.00 bits per heavy atom. The Balaban J connectivity index is 1.07. The number of aromatic nitrogens is 2. The molecule has 3 aromatic heterocycles. The molecule has 0 fully saturated rings. The van der Waals surface area contributed by atoms with Crippen LogP contribution in [-0.4, -0.2) is 9.13 Å². The number of rotatable bonds is 4. The van der Waals surface area contributed by atoms with Gasteiger partial charge in [-0.25, -0.2) is 0 Å². The zero-order chi connectivity index (χ0) is 33.5. The van der Waals surface area contributed by atoms with Crippen molar-refractivity contribution in [2.75, 3.05) is 0 Å². The van der Waals surface area contributed by atoms with E-state index in [4.69, 9.17) is 0 Å². The Labute approximate surface area is 299 Å². The Kier molecular flexibility index (Phi) is 6.28. The standard InChI is InChI=1S/C48H32N2S/c1-2-11-31(12-3-1)32-13-10-14-35(27-32)49-43-18-7-4-15-37(43)40-28-33(21-24-45(40)49)34-22-25-46-41(29-34)38-16-5-8-19-44(38)50(46)36-23-26-48-42(30-36)39-17-6-9-20-47(39)51-48/h2,4-30H,1,3H2. The molecular formula is C48H32N2S. The minimum Gasteiger partial charge on any atom is -0.309 e. The van der Waals surface area contributed by atoms with Crippen molar-refractivity contribution in [3.05, 3.63) is 175 Å². The predicted molar refractivity (Wildman–Crippen MR) is 220 cm³/mol. The van der Waals surface area contributed by atoms with Crippen molar-refractivity contribution < 1.29 is 0 Å². The molecule has 0 unspecified atom stereocenters.